The van der Waals surface area contributed by atoms with Gasteiger partial charge < -0.3 is 15.4 Å². The van der Waals surface area contributed by atoms with Gasteiger partial charge in [-0.2, -0.15) is 0 Å². The minimum atomic E-state index is -0.216. The second-order valence-corrected chi connectivity index (χ2v) is 6.06. The number of nitrogens with zero attached hydrogens (tertiary/aromatic N) is 1. The molecule has 2 aromatic carbocycles. The monoisotopic (exact) mass is 329 g/mol. The number of para-hydroxylation sites is 2. The molecule has 0 aliphatic carbocycles. The summed E-state index contributed by atoms with van der Waals surface area (Å²) in [6.45, 7) is 2.06. The van der Waals surface area contributed by atoms with Crippen LogP contribution in [0.3, 0.4) is 0 Å². The minimum absolute atomic E-state index is 0.216. The number of phenols is 1. The molecule has 25 heavy (non-hydrogen) atoms. The molecule has 0 radical (unpaired) electrons. The lowest BCUT2D eigenvalue weighted by Crippen LogP contribution is -2.14. The molecule has 1 atom stereocenters. The Balaban J connectivity index is 1.91. The summed E-state index contributed by atoms with van der Waals surface area (Å²) in [5.41, 5.74) is 4.08. The molecule has 0 bridgehead atoms. The number of aryl methyl sites for hydroxylation is 1. The van der Waals surface area contributed by atoms with Gasteiger partial charge in [-0.1, -0.05) is 42.5 Å². The van der Waals surface area contributed by atoms with E-state index < -0.39 is 0 Å². The van der Waals surface area contributed by atoms with Crippen molar-refractivity contribution in [2.45, 2.75) is 13.0 Å². The van der Waals surface area contributed by atoms with Crippen molar-refractivity contribution in [3.05, 3.63) is 89.7 Å². The molecule has 0 unspecified atom stereocenters. The number of phenolic OH excluding ortho intramolecular Hbond substituents is 1. The molecule has 4 aromatic rings. The standard InChI is InChI=1S/C21H19N3O/c1-14-20(15-8-2-4-10-17(15)23-14)21(16-9-3-5-11-18(16)25)24-19-12-6-7-13-22-19/h2-13,21,23,25H,1H3,(H,22,24)/t21-/m0/s1. The van der Waals surface area contributed by atoms with E-state index in [0.717, 1.165) is 33.5 Å². The summed E-state index contributed by atoms with van der Waals surface area (Å²) in [5.74, 6) is 1.03. The SMILES string of the molecule is Cc1[nH]c2ccccc2c1[C@@H](Nc1ccccn1)c1ccccc1O. The number of rotatable bonds is 4. The van der Waals surface area contributed by atoms with E-state index in [1.54, 1.807) is 12.3 Å². The minimum Gasteiger partial charge on any atom is -0.508 e. The lowest BCUT2D eigenvalue weighted by Gasteiger charge is -2.21. The highest BCUT2D eigenvalue weighted by molar-refractivity contribution is 5.86. The number of nitrogens with one attached hydrogen (secondary N) is 2. The molecule has 0 spiro atoms. The number of anilines is 1. The molecule has 4 nitrogen and oxygen atoms in total. The van der Waals surface area contributed by atoms with Gasteiger partial charge >= 0.3 is 0 Å². The van der Waals surface area contributed by atoms with Crippen LogP contribution in [0.1, 0.15) is 22.9 Å². The van der Waals surface area contributed by atoms with Gasteiger partial charge in [-0.25, -0.2) is 4.98 Å². The Morgan fingerprint density at radius 3 is 2.52 bits per heavy atom. The zero-order chi connectivity index (χ0) is 17.2. The summed E-state index contributed by atoms with van der Waals surface area (Å²) in [6.07, 6.45) is 1.76. The number of aromatic nitrogens is 2. The lowest BCUT2D eigenvalue weighted by atomic mass is 9.95. The van der Waals surface area contributed by atoms with E-state index in [2.05, 4.69) is 34.3 Å². The number of hydrogen-bond acceptors (Lipinski definition) is 3. The third-order valence-electron chi connectivity index (χ3n) is 4.44. The number of aromatic amines is 1. The normalized spacial score (nSPS) is 12.2. The van der Waals surface area contributed by atoms with Crippen molar-refractivity contribution in [2.24, 2.45) is 0 Å². The zero-order valence-electron chi connectivity index (χ0n) is 13.9. The fraction of sp³-hybridized carbons (Fsp3) is 0.0952. The van der Waals surface area contributed by atoms with Gasteiger partial charge in [0.1, 0.15) is 11.6 Å². The lowest BCUT2D eigenvalue weighted by molar-refractivity contribution is 0.466. The van der Waals surface area contributed by atoms with Crippen LogP contribution in [0.2, 0.25) is 0 Å². The fourth-order valence-electron chi connectivity index (χ4n) is 3.30. The summed E-state index contributed by atoms with van der Waals surface area (Å²) < 4.78 is 0. The maximum atomic E-state index is 10.5. The van der Waals surface area contributed by atoms with Crippen LogP contribution in [-0.4, -0.2) is 15.1 Å². The Morgan fingerprint density at radius 2 is 1.72 bits per heavy atom. The van der Waals surface area contributed by atoms with Gasteiger partial charge in [0.2, 0.25) is 0 Å². The summed E-state index contributed by atoms with van der Waals surface area (Å²) in [4.78, 5) is 7.83. The van der Waals surface area contributed by atoms with Crippen molar-refractivity contribution in [1.82, 2.24) is 9.97 Å². The van der Waals surface area contributed by atoms with E-state index >= 15 is 0 Å². The molecule has 0 aliphatic heterocycles. The Bertz CT molecular complexity index is 1010. The summed E-state index contributed by atoms with van der Waals surface area (Å²) >= 11 is 0. The largest absolute Gasteiger partial charge is 0.508 e. The highest BCUT2D eigenvalue weighted by atomic mass is 16.3. The van der Waals surface area contributed by atoms with Crippen LogP contribution in [-0.2, 0) is 0 Å². The highest BCUT2D eigenvalue weighted by Crippen LogP contribution is 2.37. The maximum absolute atomic E-state index is 10.5. The molecule has 0 aliphatic rings. The summed E-state index contributed by atoms with van der Waals surface area (Å²) in [6, 6.07) is 21.2. The van der Waals surface area contributed by atoms with Gasteiger partial charge in [0.05, 0.1) is 6.04 Å². The van der Waals surface area contributed by atoms with Gasteiger partial charge in [0.25, 0.3) is 0 Å². The number of pyridine rings is 1. The summed E-state index contributed by atoms with van der Waals surface area (Å²) in [7, 11) is 0. The third kappa shape index (κ3) is 2.83. The molecular formula is C21H19N3O. The van der Waals surface area contributed by atoms with Crippen molar-refractivity contribution in [1.29, 1.82) is 0 Å². The van der Waals surface area contributed by atoms with Crippen LogP contribution in [0.5, 0.6) is 5.75 Å². The molecule has 3 N–H and O–H groups in total. The van der Waals surface area contributed by atoms with Crippen LogP contribution < -0.4 is 5.32 Å². The first-order chi connectivity index (χ1) is 12.2. The average molecular weight is 329 g/mol. The van der Waals surface area contributed by atoms with Crippen LogP contribution in [0.4, 0.5) is 5.82 Å². The van der Waals surface area contributed by atoms with E-state index in [1.807, 2.05) is 48.5 Å². The zero-order valence-corrected chi connectivity index (χ0v) is 13.9. The molecule has 0 saturated carbocycles. The van der Waals surface area contributed by atoms with Crippen molar-refractivity contribution in [3.8, 4) is 5.75 Å². The van der Waals surface area contributed by atoms with Crippen molar-refractivity contribution in [2.75, 3.05) is 5.32 Å². The number of aromatic hydroxyl groups is 1. The van der Waals surface area contributed by atoms with Crippen molar-refractivity contribution < 1.29 is 5.11 Å². The summed E-state index contributed by atoms with van der Waals surface area (Å²) in [5, 5.41) is 15.1. The second-order valence-electron chi connectivity index (χ2n) is 6.06. The van der Waals surface area contributed by atoms with E-state index in [0.29, 0.717) is 0 Å². The fourth-order valence-corrected chi connectivity index (χ4v) is 3.30. The Labute approximate surface area is 146 Å². The van der Waals surface area contributed by atoms with Gasteiger partial charge in [0, 0.05) is 33.9 Å². The maximum Gasteiger partial charge on any atom is 0.126 e. The van der Waals surface area contributed by atoms with E-state index in [-0.39, 0.29) is 11.8 Å². The molecule has 0 amide bonds. The Hall–Kier alpha value is -3.27. The number of fused-ring (bicyclic) bond motifs is 1. The molecule has 0 fully saturated rings. The molecule has 0 saturated heterocycles. The van der Waals surface area contributed by atoms with Crippen molar-refractivity contribution >= 4 is 16.7 Å². The topological polar surface area (TPSA) is 60.9 Å². The molecule has 4 rings (SSSR count). The van der Waals surface area contributed by atoms with Gasteiger partial charge in [-0.3, -0.25) is 0 Å². The highest BCUT2D eigenvalue weighted by Gasteiger charge is 2.23. The Morgan fingerprint density at radius 1 is 0.960 bits per heavy atom. The van der Waals surface area contributed by atoms with Crippen LogP contribution in [0.25, 0.3) is 10.9 Å². The van der Waals surface area contributed by atoms with E-state index in [9.17, 15) is 5.11 Å². The van der Waals surface area contributed by atoms with Crippen LogP contribution in [0, 0.1) is 6.92 Å². The number of benzene rings is 2. The van der Waals surface area contributed by atoms with Gasteiger partial charge in [-0.15, -0.1) is 0 Å². The van der Waals surface area contributed by atoms with Crippen LogP contribution >= 0.6 is 0 Å². The molecule has 2 aromatic heterocycles. The first kappa shape index (κ1) is 15.3. The van der Waals surface area contributed by atoms with Gasteiger partial charge in [-0.05, 0) is 31.2 Å². The first-order valence-electron chi connectivity index (χ1n) is 8.26. The van der Waals surface area contributed by atoms with Gasteiger partial charge in [0.15, 0.2) is 0 Å². The number of hydrogen-bond donors (Lipinski definition) is 3. The molecule has 124 valence electrons. The van der Waals surface area contributed by atoms with E-state index in [1.165, 1.54) is 0 Å². The molecule has 2 heterocycles. The van der Waals surface area contributed by atoms with Crippen molar-refractivity contribution in [3.63, 3.8) is 0 Å². The second kappa shape index (κ2) is 6.32. The third-order valence-corrected chi connectivity index (χ3v) is 4.44. The predicted octanol–water partition coefficient (Wildman–Crippen LogP) is 4.78. The molecule has 4 heteroatoms. The smallest absolute Gasteiger partial charge is 0.126 e. The quantitative estimate of drug-likeness (QED) is 0.505. The Kier molecular flexibility index (Phi) is 3.86. The first-order valence-corrected chi connectivity index (χ1v) is 8.26. The predicted molar refractivity (Wildman–Crippen MR) is 101 cm³/mol. The van der Waals surface area contributed by atoms with E-state index in [4.69, 9.17) is 0 Å². The van der Waals surface area contributed by atoms with Crippen LogP contribution in [0.15, 0.2) is 72.9 Å². The number of H-pyrrole nitrogens is 1. The molecular weight excluding hydrogens is 310 g/mol. The average Bonchev–Trinajstić information content (AvgIpc) is 2.97.